The van der Waals surface area contributed by atoms with E-state index in [1.807, 2.05) is 30.3 Å². The maximum absolute atomic E-state index is 11.8. The van der Waals surface area contributed by atoms with Crippen molar-refractivity contribution in [3.63, 3.8) is 0 Å². The van der Waals surface area contributed by atoms with Crippen LogP contribution in [0.1, 0.15) is 0 Å². The van der Waals surface area contributed by atoms with Crippen LogP contribution in [0.4, 0.5) is 4.39 Å². The highest BCUT2D eigenvalue weighted by atomic mass is 19.1. The number of hydrogen-bond donors (Lipinski definition) is 0. The molecule has 3 heteroatoms. The molecule has 0 amide bonds. The van der Waals surface area contributed by atoms with Gasteiger partial charge in [-0.25, -0.2) is 4.39 Å². The van der Waals surface area contributed by atoms with Gasteiger partial charge in [-0.15, -0.1) is 0 Å². The number of para-hydroxylation sites is 1. The molecule has 1 aromatic heterocycles. The van der Waals surface area contributed by atoms with E-state index in [1.165, 1.54) is 4.73 Å². The summed E-state index contributed by atoms with van der Waals surface area (Å²) >= 11 is 0. The van der Waals surface area contributed by atoms with Gasteiger partial charge in [-0.2, -0.15) is 4.73 Å². The quantitative estimate of drug-likeness (QED) is 0.663. The molecule has 0 aliphatic carbocycles. The molecule has 0 spiro atoms. The number of hydrogen-bond acceptors (Lipinski definition) is 1. The van der Waals surface area contributed by atoms with Crippen molar-refractivity contribution in [3.8, 4) is 0 Å². The van der Waals surface area contributed by atoms with Crippen LogP contribution >= 0.6 is 0 Å². The second-order valence-electron chi connectivity index (χ2n) is 2.44. The Balaban J connectivity index is 2.55. The molecular weight excluding hydrogens is 157 g/mol. The normalized spacial score (nSPS) is 10.4. The average Bonchev–Trinajstić information content (AvgIpc) is 2.50. The molecule has 2 aromatic rings. The van der Waals surface area contributed by atoms with Crippen molar-refractivity contribution >= 4 is 10.9 Å². The van der Waals surface area contributed by atoms with E-state index in [2.05, 4.69) is 0 Å². The average molecular weight is 165 g/mol. The van der Waals surface area contributed by atoms with Crippen LogP contribution in [0.2, 0.25) is 0 Å². The molecule has 0 aliphatic heterocycles. The molecule has 0 N–H and O–H groups in total. The molecule has 2 rings (SSSR count). The van der Waals surface area contributed by atoms with Gasteiger partial charge in [-0.3, -0.25) is 0 Å². The van der Waals surface area contributed by atoms with Crippen LogP contribution in [0.3, 0.4) is 0 Å². The van der Waals surface area contributed by atoms with E-state index < -0.39 is 6.86 Å². The van der Waals surface area contributed by atoms with Crippen LogP contribution in [-0.2, 0) is 0 Å². The minimum Gasteiger partial charge on any atom is -0.380 e. The zero-order valence-electron chi connectivity index (χ0n) is 6.40. The van der Waals surface area contributed by atoms with E-state index in [9.17, 15) is 4.39 Å². The Labute approximate surface area is 69.1 Å². The fraction of sp³-hybridized carbons (Fsp3) is 0.111. The van der Waals surface area contributed by atoms with Crippen molar-refractivity contribution in [2.24, 2.45) is 0 Å². The molecule has 0 unspecified atom stereocenters. The summed E-state index contributed by atoms with van der Waals surface area (Å²) in [7, 11) is 0. The summed E-state index contributed by atoms with van der Waals surface area (Å²) in [5, 5.41) is 1.05. The summed E-state index contributed by atoms with van der Waals surface area (Å²) in [5.74, 6) is 0. The van der Waals surface area contributed by atoms with Gasteiger partial charge in [0.1, 0.15) is 0 Å². The third-order valence-electron chi connectivity index (χ3n) is 1.75. The standard InChI is InChI=1S/C9H8FNO/c10-7-12-11-6-5-8-3-1-2-4-9(8)11/h1-6H,7H2. The molecule has 0 aliphatic rings. The van der Waals surface area contributed by atoms with E-state index >= 15 is 0 Å². The van der Waals surface area contributed by atoms with Crippen LogP contribution in [-0.4, -0.2) is 11.6 Å². The predicted octanol–water partition coefficient (Wildman–Crippen LogP) is 2.00. The second kappa shape index (κ2) is 2.85. The lowest BCUT2D eigenvalue weighted by Crippen LogP contribution is -2.07. The second-order valence-corrected chi connectivity index (χ2v) is 2.44. The van der Waals surface area contributed by atoms with Crippen LogP contribution in [0, 0.1) is 0 Å². The van der Waals surface area contributed by atoms with E-state index in [4.69, 9.17) is 4.84 Å². The molecular formula is C9H8FNO. The van der Waals surface area contributed by atoms with Crippen molar-refractivity contribution in [1.82, 2.24) is 4.73 Å². The summed E-state index contributed by atoms with van der Waals surface area (Å²) in [6.07, 6.45) is 1.70. The number of fused-ring (bicyclic) bond motifs is 1. The number of rotatable bonds is 2. The molecule has 0 fully saturated rings. The van der Waals surface area contributed by atoms with Gasteiger partial charge in [-0.1, -0.05) is 18.2 Å². The Bertz CT molecular complexity index is 383. The largest absolute Gasteiger partial charge is 0.380 e. The van der Waals surface area contributed by atoms with Gasteiger partial charge in [0.25, 0.3) is 6.86 Å². The number of aromatic nitrogens is 1. The highest BCUT2D eigenvalue weighted by Gasteiger charge is 1.98. The number of nitrogens with zero attached hydrogens (tertiary/aromatic N) is 1. The third-order valence-corrected chi connectivity index (χ3v) is 1.75. The Morgan fingerprint density at radius 2 is 2.08 bits per heavy atom. The molecule has 0 saturated heterocycles. The monoisotopic (exact) mass is 165 g/mol. The van der Waals surface area contributed by atoms with Gasteiger partial charge in [0, 0.05) is 11.6 Å². The van der Waals surface area contributed by atoms with Crippen molar-refractivity contribution < 1.29 is 9.23 Å². The first-order valence-corrected chi connectivity index (χ1v) is 3.67. The number of halogens is 1. The predicted molar refractivity (Wildman–Crippen MR) is 44.5 cm³/mol. The summed E-state index contributed by atoms with van der Waals surface area (Å²) < 4.78 is 13.3. The molecule has 2 nitrogen and oxygen atoms in total. The zero-order valence-corrected chi connectivity index (χ0v) is 6.40. The first kappa shape index (κ1) is 7.16. The molecule has 12 heavy (non-hydrogen) atoms. The van der Waals surface area contributed by atoms with Crippen molar-refractivity contribution in [2.45, 2.75) is 0 Å². The van der Waals surface area contributed by atoms with E-state index in [1.54, 1.807) is 6.20 Å². The van der Waals surface area contributed by atoms with Gasteiger partial charge >= 0.3 is 0 Å². The van der Waals surface area contributed by atoms with Gasteiger partial charge in [0.2, 0.25) is 0 Å². The molecule has 0 radical (unpaired) electrons. The molecule has 62 valence electrons. The smallest absolute Gasteiger partial charge is 0.252 e. The summed E-state index contributed by atoms with van der Waals surface area (Å²) in [6, 6.07) is 9.53. The van der Waals surface area contributed by atoms with E-state index in [0.29, 0.717) is 0 Å². The lowest BCUT2D eigenvalue weighted by atomic mass is 10.3. The number of benzene rings is 1. The van der Waals surface area contributed by atoms with Gasteiger partial charge in [-0.05, 0) is 12.1 Å². The molecule has 1 heterocycles. The topological polar surface area (TPSA) is 14.2 Å². The zero-order chi connectivity index (χ0) is 8.39. The van der Waals surface area contributed by atoms with Crippen LogP contribution in [0.15, 0.2) is 36.5 Å². The van der Waals surface area contributed by atoms with Gasteiger partial charge in [0.05, 0.1) is 5.52 Å². The van der Waals surface area contributed by atoms with Gasteiger partial charge < -0.3 is 4.84 Å². The van der Waals surface area contributed by atoms with E-state index in [-0.39, 0.29) is 0 Å². The Hall–Kier alpha value is -1.51. The molecule has 0 bridgehead atoms. The summed E-state index contributed by atoms with van der Waals surface area (Å²) in [6.45, 7) is -0.807. The van der Waals surface area contributed by atoms with Gasteiger partial charge in [0.15, 0.2) is 0 Å². The first-order valence-electron chi connectivity index (χ1n) is 3.67. The van der Waals surface area contributed by atoms with Crippen molar-refractivity contribution in [3.05, 3.63) is 36.5 Å². The lowest BCUT2D eigenvalue weighted by Gasteiger charge is -2.01. The summed E-state index contributed by atoms with van der Waals surface area (Å²) in [4.78, 5) is 4.71. The Morgan fingerprint density at radius 3 is 2.92 bits per heavy atom. The molecule has 1 aromatic carbocycles. The highest BCUT2D eigenvalue weighted by molar-refractivity contribution is 5.79. The minimum atomic E-state index is -0.807. The van der Waals surface area contributed by atoms with Crippen molar-refractivity contribution in [2.75, 3.05) is 6.86 Å². The van der Waals surface area contributed by atoms with Crippen molar-refractivity contribution in [1.29, 1.82) is 0 Å². The maximum atomic E-state index is 11.8. The third kappa shape index (κ3) is 1.03. The van der Waals surface area contributed by atoms with Crippen LogP contribution in [0.25, 0.3) is 10.9 Å². The highest BCUT2D eigenvalue weighted by Crippen LogP contribution is 2.13. The maximum Gasteiger partial charge on any atom is 0.252 e. The Morgan fingerprint density at radius 1 is 1.25 bits per heavy atom. The van der Waals surface area contributed by atoms with Crippen LogP contribution in [0.5, 0.6) is 0 Å². The molecule has 0 saturated carbocycles. The molecule has 0 atom stereocenters. The summed E-state index contributed by atoms with van der Waals surface area (Å²) in [5.41, 5.74) is 0.884. The van der Waals surface area contributed by atoms with E-state index in [0.717, 1.165) is 10.9 Å². The SMILES string of the molecule is FCOn1ccc2ccccc21. The minimum absolute atomic E-state index is 0.807. The first-order chi connectivity index (χ1) is 5.92. The van der Waals surface area contributed by atoms with Crippen LogP contribution < -0.4 is 4.84 Å². The number of alkyl halides is 1. The fourth-order valence-electron chi connectivity index (χ4n) is 1.22. The fourth-order valence-corrected chi connectivity index (χ4v) is 1.22. The lowest BCUT2D eigenvalue weighted by molar-refractivity contribution is 0.0499. The Kier molecular flexibility index (Phi) is 1.70.